The van der Waals surface area contributed by atoms with Gasteiger partial charge in [0, 0.05) is 6.20 Å². The Hall–Kier alpha value is -1.67. The molecule has 0 N–H and O–H groups in total. The van der Waals surface area contributed by atoms with Gasteiger partial charge in [-0.3, -0.25) is 4.40 Å². The molecular weight excluding hydrogens is 270 g/mol. The van der Waals surface area contributed by atoms with Gasteiger partial charge >= 0.3 is 6.01 Å². The van der Waals surface area contributed by atoms with Gasteiger partial charge in [0.05, 0.1) is 0 Å². The molecule has 0 saturated heterocycles. The Balaban J connectivity index is 1.76. The highest BCUT2D eigenvalue weighted by Gasteiger charge is 2.08. The van der Waals surface area contributed by atoms with E-state index in [1.165, 1.54) is 11.3 Å². The van der Waals surface area contributed by atoms with Crippen LogP contribution in [0.1, 0.15) is 5.01 Å². The van der Waals surface area contributed by atoms with Crippen molar-refractivity contribution < 1.29 is 4.74 Å². The SMILES string of the molecule is CSc1nnc(COc2nnc3ccccn23)s1. The second kappa shape index (κ2) is 4.91. The zero-order valence-electron chi connectivity index (χ0n) is 9.48. The Morgan fingerprint density at radius 2 is 2.22 bits per heavy atom. The van der Waals surface area contributed by atoms with Gasteiger partial charge in [0.15, 0.2) is 15.0 Å². The number of pyridine rings is 1. The quantitative estimate of drug-likeness (QED) is 0.679. The molecule has 0 radical (unpaired) electrons. The first-order valence-corrected chi connectivity index (χ1v) is 7.20. The van der Waals surface area contributed by atoms with Gasteiger partial charge in [-0.1, -0.05) is 34.3 Å². The number of hydrogen-bond donors (Lipinski definition) is 0. The van der Waals surface area contributed by atoms with Gasteiger partial charge in [0.25, 0.3) is 0 Å². The summed E-state index contributed by atoms with van der Waals surface area (Å²) in [6.45, 7) is 0.355. The van der Waals surface area contributed by atoms with Crippen molar-refractivity contribution in [2.24, 2.45) is 0 Å². The van der Waals surface area contributed by atoms with Crippen LogP contribution in [-0.4, -0.2) is 31.1 Å². The van der Waals surface area contributed by atoms with E-state index in [9.17, 15) is 0 Å². The van der Waals surface area contributed by atoms with E-state index >= 15 is 0 Å². The molecule has 92 valence electrons. The second-order valence-corrected chi connectivity index (χ2v) is 5.48. The van der Waals surface area contributed by atoms with Crippen LogP contribution >= 0.6 is 23.1 Å². The first kappa shape index (κ1) is 11.4. The van der Waals surface area contributed by atoms with Crippen LogP contribution in [0.15, 0.2) is 28.7 Å². The van der Waals surface area contributed by atoms with Crippen molar-refractivity contribution in [1.82, 2.24) is 24.8 Å². The Morgan fingerprint density at radius 3 is 3.06 bits per heavy atom. The molecular formula is C10H9N5OS2. The lowest BCUT2D eigenvalue weighted by molar-refractivity contribution is 0.276. The zero-order chi connectivity index (χ0) is 12.4. The van der Waals surface area contributed by atoms with Crippen LogP contribution in [0.3, 0.4) is 0 Å². The number of hydrogen-bond acceptors (Lipinski definition) is 7. The molecule has 8 heteroatoms. The van der Waals surface area contributed by atoms with Gasteiger partial charge in [0.2, 0.25) is 0 Å². The van der Waals surface area contributed by atoms with Crippen molar-refractivity contribution in [2.45, 2.75) is 10.9 Å². The van der Waals surface area contributed by atoms with E-state index in [1.807, 2.05) is 30.7 Å². The third-order valence-corrected chi connectivity index (χ3v) is 4.10. The predicted octanol–water partition coefficient (Wildman–Crippen LogP) is 1.88. The van der Waals surface area contributed by atoms with Crippen molar-refractivity contribution in [2.75, 3.05) is 6.26 Å². The molecule has 0 aliphatic carbocycles. The molecule has 3 aromatic rings. The van der Waals surface area contributed by atoms with E-state index in [1.54, 1.807) is 16.2 Å². The lowest BCUT2D eigenvalue weighted by Crippen LogP contribution is -1.98. The van der Waals surface area contributed by atoms with E-state index in [4.69, 9.17) is 4.74 Å². The summed E-state index contributed by atoms with van der Waals surface area (Å²) in [4.78, 5) is 0. The van der Waals surface area contributed by atoms with Gasteiger partial charge in [-0.15, -0.1) is 15.3 Å². The van der Waals surface area contributed by atoms with E-state index in [2.05, 4.69) is 20.4 Å². The minimum absolute atomic E-state index is 0.355. The maximum Gasteiger partial charge on any atom is 0.321 e. The molecule has 3 heterocycles. The van der Waals surface area contributed by atoms with E-state index in [0.29, 0.717) is 12.6 Å². The maximum absolute atomic E-state index is 5.59. The number of fused-ring (bicyclic) bond motifs is 1. The van der Waals surface area contributed by atoms with Crippen molar-refractivity contribution in [3.8, 4) is 6.01 Å². The zero-order valence-corrected chi connectivity index (χ0v) is 11.1. The molecule has 0 aromatic carbocycles. The first-order valence-electron chi connectivity index (χ1n) is 5.16. The van der Waals surface area contributed by atoms with Gasteiger partial charge in [0.1, 0.15) is 6.61 Å². The number of aromatic nitrogens is 5. The average molecular weight is 279 g/mol. The Bertz CT molecular complexity index is 665. The lowest BCUT2D eigenvalue weighted by atomic mass is 10.5. The van der Waals surface area contributed by atoms with E-state index in [-0.39, 0.29) is 0 Å². The third kappa shape index (κ3) is 2.16. The molecule has 0 aliphatic rings. The highest BCUT2D eigenvalue weighted by atomic mass is 32.2. The van der Waals surface area contributed by atoms with Crippen LogP contribution < -0.4 is 4.74 Å². The average Bonchev–Trinajstić information content (AvgIpc) is 3.03. The summed E-state index contributed by atoms with van der Waals surface area (Å²) in [6.07, 6.45) is 3.83. The fourth-order valence-electron chi connectivity index (χ4n) is 1.42. The van der Waals surface area contributed by atoms with Crippen LogP contribution in [0.2, 0.25) is 0 Å². The summed E-state index contributed by atoms with van der Waals surface area (Å²) in [7, 11) is 0. The largest absolute Gasteiger partial charge is 0.456 e. The fraction of sp³-hybridized carbons (Fsp3) is 0.200. The lowest BCUT2D eigenvalue weighted by Gasteiger charge is -2.00. The van der Waals surface area contributed by atoms with Crippen LogP contribution in [0.5, 0.6) is 6.01 Å². The molecule has 3 aromatic heterocycles. The minimum atomic E-state index is 0.355. The molecule has 0 atom stereocenters. The normalized spacial score (nSPS) is 10.9. The molecule has 0 fully saturated rings. The summed E-state index contributed by atoms with van der Waals surface area (Å²) >= 11 is 3.09. The maximum atomic E-state index is 5.59. The Kier molecular flexibility index (Phi) is 3.11. The molecule has 0 saturated carbocycles. The van der Waals surface area contributed by atoms with E-state index in [0.717, 1.165) is 15.0 Å². The Morgan fingerprint density at radius 1 is 1.28 bits per heavy atom. The van der Waals surface area contributed by atoms with Crippen LogP contribution in [0.25, 0.3) is 5.65 Å². The summed E-state index contributed by atoms with van der Waals surface area (Å²) in [6, 6.07) is 6.14. The number of nitrogens with zero attached hydrogens (tertiary/aromatic N) is 5. The van der Waals surface area contributed by atoms with Crippen molar-refractivity contribution in [3.05, 3.63) is 29.4 Å². The van der Waals surface area contributed by atoms with Gasteiger partial charge in [-0.2, -0.15) is 0 Å². The van der Waals surface area contributed by atoms with Crippen LogP contribution in [0, 0.1) is 0 Å². The third-order valence-electron chi connectivity index (χ3n) is 2.23. The van der Waals surface area contributed by atoms with Crippen LogP contribution in [0.4, 0.5) is 0 Å². The van der Waals surface area contributed by atoms with E-state index < -0.39 is 0 Å². The molecule has 18 heavy (non-hydrogen) atoms. The molecule has 6 nitrogen and oxygen atoms in total. The topological polar surface area (TPSA) is 65.2 Å². The second-order valence-electron chi connectivity index (χ2n) is 3.37. The van der Waals surface area contributed by atoms with Gasteiger partial charge in [-0.05, 0) is 18.4 Å². The van der Waals surface area contributed by atoms with Crippen molar-refractivity contribution >= 4 is 28.7 Å². The molecule has 0 amide bonds. The highest BCUT2D eigenvalue weighted by Crippen LogP contribution is 2.20. The smallest absolute Gasteiger partial charge is 0.321 e. The predicted molar refractivity (Wildman–Crippen MR) is 69.0 cm³/mol. The molecule has 0 bridgehead atoms. The summed E-state index contributed by atoms with van der Waals surface area (Å²) in [5, 5.41) is 16.8. The number of ether oxygens (including phenoxy) is 1. The van der Waals surface area contributed by atoms with Crippen LogP contribution in [-0.2, 0) is 6.61 Å². The fourth-order valence-corrected chi connectivity index (χ4v) is 2.65. The minimum Gasteiger partial charge on any atom is -0.456 e. The van der Waals surface area contributed by atoms with Gasteiger partial charge < -0.3 is 4.74 Å². The molecule has 0 aliphatic heterocycles. The molecule has 0 spiro atoms. The molecule has 0 unspecified atom stereocenters. The molecule has 3 rings (SSSR count). The highest BCUT2D eigenvalue weighted by molar-refractivity contribution is 8.00. The monoisotopic (exact) mass is 279 g/mol. The standard InChI is InChI=1S/C10H9N5OS2/c1-17-10-14-12-8(18-10)6-16-9-13-11-7-4-2-3-5-15(7)9/h2-5H,6H2,1H3. The summed E-state index contributed by atoms with van der Waals surface area (Å²) in [5.41, 5.74) is 0.759. The number of thioether (sulfide) groups is 1. The number of rotatable bonds is 4. The summed E-state index contributed by atoms with van der Waals surface area (Å²) < 4.78 is 8.31. The van der Waals surface area contributed by atoms with Crippen molar-refractivity contribution in [3.63, 3.8) is 0 Å². The summed E-state index contributed by atoms with van der Waals surface area (Å²) in [5.74, 6) is 0. The van der Waals surface area contributed by atoms with Gasteiger partial charge in [-0.25, -0.2) is 0 Å². The van der Waals surface area contributed by atoms with Crippen molar-refractivity contribution in [1.29, 1.82) is 0 Å². The first-order chi connectivity index (χ1) is 8.86. The Labute approximate surface area is 111 Å².